The molecular weight excluding hydrogens is 305 g/mol. The maximum atomic E-state index is 11.9. The van der Waals surface area contributed by atoms with Gasteiger partial charge in [0.1, 0.15) is 0 Å². The highest BCUT2D eigenvalue weighted by atomic mass is 32.2. The average molecular weight is 314 g/mol. The van der Waals surface area contributed by atoms with Crippen LogP contribution in [-0.4, -0.2) is 36.5 Å². The van der Waals surface area contributed by atoms with Crippen LogP contribution in [0.2, 0.25) is 0 Å². The second-order valence-corrected chi connectivity index (χ2v) is 6.71. The number of carbonyl (C=O) groups is 1. The molecule has 0 radical (unpaired) electrons. The van der Waals surface area contributed by atoms with E-state index in [0.717, 1.165) is 24.3 Å². The first-order chi connectivity index (χ1) is 8.62. The quantitative estimate of drug-likeness (QED) is 0.903. The van der Waals surface area contributed by atoms with E-state index in [-0.39, 0.29) is 10.5 Å². The molecule has 0 saturated heterocycles. The van der Waals surface area contributed by atoms with Crippen LogP contribution in [-0.2, 0) is 9.84 Å². The van der Waals surface area contributed by atoms with Gasteiger partial charge in [-0.25, -0.2) is 13.2 Å². The third-order valence-electron chi connectivity index (χ3n) is 2.08. The largest absolute Gasteiger partial charge is 0.478 e. The van der Waals surface area contributed by atoms with Crippen LogP contribution in [0.1, 0.15) is 10.4 Å². The molecule has 19 heavy (non-hydrogen) atoms. The van der Waals surface area contributed by atoms with E-state index in [1.807, 2.05) is 0 Å². The second kappa shape index (κ2) is 5.83. The Morgan fingerprint density at radius 2 is 1.74 bits per heavy atom. The Hall–Kier alpha value is -1.22. The smallest absolute Gasteiger partial charge is 0.441 e. The lowest BCUT2D eigenvalue weighted by Gasteiger charge is -2.06. The van der Waals surface area contributed by atoms with Gasteiger partial charge in [-0.1, -0.05) is 0 Å². The van der Waals surface area contributed by atoms with Gasteiger partial charge >= 0.3 is 11.5 Å². The number of aromatic carboxylic acids is 1. The van der Waals surface area contributed by atoms with Crippen molar-refractivity contribution in [3.8, 4) is 0 Å². The topological polar surface area (TPSA) is 71.4 Å². The average Bonchev–Trinajstić information content (AvgIpc) is 2.27. The summed E-state index contributed by atoms with van der Waals surface area (Å²) in [6.45, 7) is 0. The van der Waals surface area contributed by atoms with Crippen molar-refractivity contribution in [2.75, 3.05) is 11.5 Å². The summed E-state index contributed by atoms with van der Waals surface area (Å²) in [5.74, 6) is -2.48. The van der Waals surface area contributed by atoms with E-state index in [4.69, 9.17) is 5.11 Å². The molecule has 0 amide bonds. The van der Waals surface area contributed by atoms with E-state index in [1.165, 1.54) is 0 Å². The Labute approximate surface area is 111 Å². The molecule has 1 rings (SSSR count). The number of carboxylic acid groups (broad SMARTS) is 1. The number of thioether (sulfide) groups is 1. The van der Waals surface area contributed by atoms with Gasteiger partial charge in [0.15, 0.2) is 9.84 Å². The minimum Gasteiger partial charge on any atom is -0.478 e. The molecule has 1 N–H and O–H groups in total. The fourth-order valence-electron chi connectivity index (χ4n) is 1.19. The van der Waals surface area contributed by atoms with Gasteiger partial charge in [-0.05, 0) is 36.0 Å². The molecule has 0 spiro atoms. The molecule has 0 aliphatic heterocycles. The molecule has 0 bridgehead atoms. The SMILES string of the molecule is O=C(O)c1ccc(S(=O)(=O)CCSC(F)(F)F)cc1. The van der Waals surface area contributed by atoms with Crippen LogP contribution in [0.15, 0.2) is 29.2 Å². The Balaban J connectivity index is 2.75. The summed E-state index contributed by atoms with van der Waals surface area (Å²) in [5, 5.41) is 8.63. The summed E-state index contributed by atoms with van der Waals surface area (Å²) in [5.41, 5.74) is -4.56. The van der Waals surface area contributed by atoms with Crippen LogP contribution in [0.5, 0.6) is 0 Å². The standard InChI is InChI=1S/C10H9F3O4S2/c11-10(12,13)18-5-6-19(16,17)8-3-1-7(2-4-8)9(14)15/h1-4H,5-6H2,(H,14,15). The number of benzene rings is 1. The van der Waals surface area contributed by atoms with Crippen LogP contribution >= 0.6 is 11.8 Å². The van der Waals surface area contributed by atoms with E-state index < -0.39 is 44.6 Å². The lowest BCUT2D eigenvalue weighted by molar-refractivity contribution is -0.0326. The third kappa shape index (κ3) is 5.11. The molecule has 0 atom stereocenters. The summed E-state index contributed by atoms with van der Waals surface area (Å²) in [6, 6.07) is 4.31. The summed E-state index contributed by atoms with van der Waals surface area (Å²) < 4.78 is 59.0. The molecule has 0 aliphatic rings. The summed E-state index contributed by atoms with van der Waals surface area (Å²) >= 11 is -0.410. The zero-order valence-electron chi connectivity index (χ0n) is 9.35. The molecule has 0 fully saturated rings. The van der Waals surface area contributed by atoms with Crippen molar-refractivity contribution in [1.82, 2.24) is 0 Å². The van der Waals surface area contributed by atoms with E-state index in [0.29, 0.717) is 0 Å². The zero-order chi connectivity index (χ0) is 14.7. The predicted molar refractivity (Wildman–Crippen MR) is 64.0 cm³/mol. The van der Waals surface area contributed by atoms with Gasteiger partial charge in [0.05, 0.1) is 16.2 Å². The van der Waals surface area contributed by atoms with Crippen molar-refractivity contribution in [1.29, 1.82) is 0 Å². The summed E-state index contributed by atoms with van der Waals surface area (Å²) in [6.07, 6.45) is 0. The molecule has 9 heteroatoms. The van der Waals surface area contributed by atoms with Gasteiger partial charge in [0.25, 0.3) is 0 Å². The van der Waals surface area contributed by atoms with Gasteiger partial charge in [0.2, 0.25) is 0 Å². The Morgan fingerprint density at radius 1 is 1.21 bits per heavy atom. The van der Waals surface area contributed by atoms with E-state index in [2.05, 4.69) is 0 Å². The fourth-order valence-corrected chi connectivity index (χ4v) is 3.42. The first kappa shape index (κ1) is 15.8. The Morgan fingerprint density at radius 3 is 2.16 bits per heavy atom. The van der Waals surface area contributed by atoms with E-state index in [9.17, 15) is 26.4 Å². The van der Waals surface area contributed by atoms with Crippen molar-refractivity contribution in [2.45, 2.75) is 10.4 Å². The van der Waals surface area contributed by atoms with Crippen LogP contribution in [0.3, 0.4) is 0 Å². The number of carboxylic acids is 1. The van der Waals surface area contributed by atoms with Gasteiger partial charge in [-0.15, -0.1) is 0 Å². The van der Waals surface area contributed by atoms with Crippen LogP contribution in [0.25, 0.3) is 0 Å². The Kier molecular flexibility index (Phi) is 4.86. The number of hydrogen-bond donors (Lipinski definition) is 1. The molecule has 4 nitrogen and oxygen atoms in total. The highest BCUT2D eigenvalue weighted by Gasteiger charge is 2.29. The zero-order valence-corrected chi connectivity index (χ0v) is 11.0. The second-order valence-electron chi connectivity index (χ2n) is 3.44. The summed E-state index contributed by atoms with van der Waals surface area (Å²) in [7, 11) is -3.84. The number of halogens is 3. The molecular formula is C10H9F3O4S2. The molecule has 1 aromatic rings. The number of alkyl halides is 3. The van der Waals surface area contributed by atoms with Crippen molar-refractivity contribution < 1.29 is 31.5 Å². The van der Waals surface area contributed by atoms with Gasteiger partial charge in [-0.3, -0.25) is 0 Å². The third-order valence-corrected chi connectivity index (χ3v) is 4.80. The van der Waals surface area contributed by atoms with Crippen LogP contribution in [0, 0.1) is 0 Å². The minimum atomic E-state index is -4.47. The predicted octanol–water partition coefficient (Wildman–Crippen LogP) is 2.41. The van der Waals surface area contributed by atoms with E-state index in [1.54, 1.807) is 0 Å². The van der Waals surface area contributed by atoms with Crippen molar-refractivity contribution in [3.05, 3.63) is 29.8 Å². The lowest BCUT2D eigenvalue weighted by Crippen LogP contribution is -2.12. The van der Waals surface area contributed by atoms with Crippen molar-refractivity contribution >= 4 is 27.6 Å². The van der Waals surface area contributed by atoms with Crippen LogP contribution in [0.4, 0.5) is 13.2 Å². The highest BCUT2D eigenvalue weighted by molar-refractivity contribution is 8.01. The molecule has 0 saturated carbocycles. The molecule has 0 heterocycles. The summed E-state index contributed by atoms with van der Waals surface area (Å²) in [4.78, 5) is 10.4. The number of hydrogen-bond acceptors (Lipinski definition) is 4. The molecule has 0 aromatic heterocycles. The monoisotopic (exact) mass is 314 g/mol. The Bertz CT molecular complexity index is 549. The molecule has 0 unspecified atom stereocenters. The number of rotatable bonds is 5. The fraction of sp³-hybridized carbons (Fsp3) is 0.300. The van der Waals surface area contributed by atoms with Gasteiger partial charge < -0.3 is 5.11 Å². The van der Waals surface area contributed by atoms with Crippen molar-refractivity contribution in [3.63, 3.8) is 0 Å². The maximum absolute atomic E-state index is 11.9. The van der Waals surface area contributed by atoms with Gasteiger partial charge in [-0.2, -0.15) is 13.2 Å². The molecule has 106 valence electrons. The maximum Gasteiger partial charge on any atom is 0.441 e. The van der Waals surface area contributed by atoms with E-state index >= 15 is 0 Å². The minimum absolute atomic E-state index is 0.0939. The van der Waals surface area contributed by atoms with Gasteiger partial charge in [0, 0.05) is 5.75 Å². The normalized spacial score (nSPS) is 12.4. The molecule has 0 aliphatic carbocycles. The molecule has 1 aromatic carbocycles. The van der Waals surface area contributed by atoms with Crippen LogP contribution < -0.4 is 0 Å². The first-order valence-electron chi connectivity index (χ1n) is 4.88. The first-order valence-corrected chi connectivity index (χ1v) is 7.52. The van der Waals surface area contributed by atoms with Crippen molar-refractivity contribution in [2.24, 2.45) is 0 Å². The lowest BCUT2D eigenvalue weighted by atomic mass is 10.2. The number of sulfone groups is 1. The highest BCUT2D eigenvalue weighted by Crippen LogP contribution is 2.30.